The molecule has 8 heteroatoms. The largest absolute Gasteiger partial charge is 0.463 e. The standard InChI is InChI=1S/C16H18F2N2O4/c1-3-23-16(22)13-8-19-15(24-13)9(2)20-14(21)6-10-4-11(17)7-12(18)5-10/h4-5,7,9,13H,3,6,8H2,1-2H3,(H,20,21)/t9-,13?/m0/s1. The van der Waals surface area contributed by atoms with Gasteiger partial charge in [-0.25, -0.2) is 18.6 Å². The van der Waals surface area contributed by atoms with E-state index in [1.165, 1.54) is 0 Å². The summed E-state index contributed by atoms with van der Waals surface area (Å²) in [5.74, 6) is -2.23. The van der Waals surface area contributed by atoms with E-state index >= 15 is 0 Å². The van der Waals surface area contributed by atoms with E-state index < -0.39 is 35.7 Å². The molecule has 1 aliphatic heterocycles. The summed E-state index contributed by atoms with van der Waals surface area (Å²) in [6, 6.07) is 2.34. The van der Waals surface area contributed by atoms with E-state index in [2.05, 4.69) is 10.3 Å². The third-order valence-corrected chi connectivity index (χ3v) is 3.26. The first-order chi connectivity index (χ1) is 11.4. The van der Waals surface area contributed by atoms with Gasteiger partial charge in [0.1, 0.15) is 17.7 Å². The molecule has 0 spiro atoms. The van der Waals surface area contributed by atoms with Crippen LogP contribution in [0.25, 0.3) is 0 Å². The molecule has 0 bridgehead atoms. The third kappa shape index (κ3) is 4.74. The summed E-state index contributed by atoms with van der Waals surface area (Å²) < 4.78 is 36.4. The Labute approximate surface area is 137 Å². The number of hydrogen-bond donors (Lipinski definition) is 1. The van der Waals surface area contributed by atoms with Gasteiger partial charge in [-0.1, -0.05) is 0 Å². The Morgan fingerprint density at radius 2 is 2.04 bits per heavy atom. The molecule has 1 aliphatic rings. The van der Waals surface area contributed by atoms with E-state index in [0.717, 1.165) is 18.2 Å². The van der Waals surface area contributed by atoms with Crippen LogP contribution in [-0.2, 0) is 25.5 Å². The summed E-state index contributed by atoms with van der Waals surface area (Å²) >= 11 is 0. The third-order valence-electron chi connectivity index (χ3n) is 3.26. The Morgan fingerprint density at radius 1 is 1.38 bits per heavy atom. The normalized spacial score (nSPS) is 17.7. The van der Waals surface area contributed by atoms with E-state index in [4.69, 9.17) is 9.47 Å². The molecule has 0 fully saturated rings. The second-order valence-electron chi connectivity index (χ2n) is 5.28. The van der Waals surface area contributed by atoms with Crippen LogP contribution in [0, 0.1) is 11.6 Å². The molecule has 1 unspecified atom stereocenters. The van der Waals surface area contributed by atoms with Crippen molar-refractivity contribution < 1.29 is 27.8 Å². The second-order valence-corrected chi connectivity index (χ2v) is 5.28. The molecule has 2 atom stereocenters. The lowest BCUT2D eigenvalue weighted by Crippen LogP contribution is -2.40. The SMILES string of the molecule is CCOC(=O)C1CN=C([C@H](C)NC(=O)Cc2cc(F)cc(F)c2)O1. The van der Waals surface area contributed by atoms with E-state index in [0.29, 0.717) is 0 Å². The predicted octanol–water partition coefficient (Wildman–Crippen LogP) is 1.37. The Balaban J connectivity index is 1.87. The Kier molecular flexibility index (Phi) is 5.83. The molecule has 1 N–H and O–H groups in total. The number of nitrogens with zero attached hydrogens (tertiary/aromatic N) is 1. The summed E-state index contributed by atoms with van der Waals surface area (Å²) in [6.07, 6.45) is -0.996. The maximum absolute atomic E-state index is 13.1. The molecule has 1 aromatic carbocycles. The molecule has 0 aromatic heterocycles. The molecular weight excluding hydrogens is 322 g/mol. The minimum Gasteiger partial charge on any atom is -0.463 e. The number of halogens is 2. The lowest BCUT2D eigenvalue weighted by Gasteiger charge is -2.16. The Bertz CT molecular complexity index is 643. The van der Waals surface area contributed by atoms with Crippen LogP contribution in [0.1, 0.15) is 19.4 Å². The van der Waals surface area contributed by atoms with Crippen LogP contribution in [0.2, 0.25) is 0 Å². The molecule has 0 saturated carbocycles. The first-order valence-corrected chi connectivity index (χ1v) is 7.51. The molecule has 6 nitrogen and oxygen atoms in total. The van der Waals surface area contributed by atoms with Gasteiger partial charge in [0.2, 0.25) is 17.9 Å². The first kappa shape index (κ1) is 17.8. The van der Waals surface area contributed by atoms with Gasteiger partial charge in [-0.15, -0.1) is 0 Å². The highest BCUT2D eigenvalue weighted by Crippen LogP contribution is 2.11. The number of carbonyl (C=O) groups is 2. The quantitative estimate of drug-likeness (QED) is 0.794. The van der Waals surface area contributed by atoms with Crippen LogP contribution in [0.15, 0.2) is 23.2 Å². The maximum Gasteiger partial charge on any atom is 0.349 e. The van der Waals surface area contributed by atoms with E-state index in [1.54, 1.807) is 13.8 Å². The fourth-order valence-electron chi connectivity index (χ4n) is 2.24. The molecule has 2 rings (SSSR count). The van der Waals surface area contributed by atoms with Crippen molar-refractivity contribution in [3.8, 4) is 0 Å². The van der Waals surface area contributed by atoms with Gasteiger partial charge in [0, 0.05) is 6.07 Å². The van der Waals surface area contributed by atoms with Crippen LogP contribution in [0.4, 0.5) is 8.78 Å². The van der Waals surface area contributed by atoms with Crippen LogP contribution < -0.4 is 5.32 Å². The first-order valence-electron chi connectivity index (χ1n) is 7.51. The van der Waals surface area contributed by atoms with E-state index in [1.807, 2.05) is 0 Å². The number of benzene rings is 1. The smallest absolute Gasteiger partial charge is 0.349 e. The number of carbonyl (C=O) groups excluding carboxylic acids is 2. The van der Waals surface area contributed by atoms with Crippen molar-refractivity contribution in [1.29, 1.82) is 0 Å². The minimum atomic E-state index is -0.809. The predicted molar refractivity (Wildman–Crippen MR) is 81.5 cm³/mol. The molecule has 130 valence electrons. The van der Waals surface area contributed by atoms with Gasteiger partial charge < -0.3 is 14.8 Å². The number of esters is 1. The summed E-state index contributed by atoms with van der Waals surface area (Å²) in [4.78, 5) is 27.6. The van der Waals surface area contributed by atoms with Crippen LogP contribution in [0.3, 0.4) is 0 Å². The molecule has 24 heavy (non-hydrogen) atoms. The van der Waals surface area contributed by atoms with Crippen LogP contribution in [-0.4, -0.2) is 43.1 Å². The fourth-order valence-corrected chi connectivity index (χ4v) is 2.24. The van der Waals surface area contributed by atoms with E-state index in [-0.39, 0.29) is 31.0 Å². The molecule has 1 amide bonds. The van der Waals surface area contributed by atoms with E-state index in [9.17, 15) is 18.4 Å². The summed E-state index contributed by atoms with van der Waals surface area (Å²) in [5, 5.41) is 2.61. The zero-order valence-electron chi connectivity index (χ0n) is 13.3. The van der Waals surface area contributed by atoms with Crippen molar-refractivity contribution in [2.75, 3.05) is 13.2 Å². The number of aliphatic imine (C=N–C) groups is 1. The summed E-state index contributed by atoms with van der Waals surface area (Å²) in [5.41, 5.74) is 0.218. The number of ether oxygens (including phenoxy) is 2. The molecule has 1 heterocycles. The number of hydrogen-bond acceptors (Lipinski definition) is 5. The molecule has 1 aromatic rings. The van der Waals surface area contributed by atoms with Crippen molar-refractivity contribution in [2.45, 2.75) is 32.4 Å². The maximum atomic E-state index is 13.1. The van der Waals surface area contributed by atoms with Crippen molar-refractivity contribution in [3.05, 3.63) is 35.4 Å². The molecule has 0 radical (unpaired) electrons. The summed E-state index contributed by atoms with van der Waals surface area (Å²) in [6.45, 7) is 3.69. The highest BCUT2D eigenvalue weighted by atomic mass is 19.1. The lowest BCUT2D eigenvalue weighted by molar-refractivity contribution is -0.150. The average Bonchev–Trinajstić information content (AvgIpc) is 2.96. The van der Waals surface area contributed by atoms with Crippen LogP contribution in [0.5, 0.6) is 0 Å². The Hall–Kier alpha value is -2.51. The zero-order chi connectivity index (χ0) is 17.7. The van der Waals surface area contributed by atoms with Gasteiger partial charge in [0.05, 0.1) is 19.6 Å². The number of nitrogens with one attached hydrogen (secondary N) is 1. The monoisotopic (exact) mass is 340 g/mol. The number of rotatable bonds is 6. The van der Waals surface area contributed by atoms with Gasteiger partial charge in [-0.05, 0) is 31.5 Å². The summed E-state index contributed by atoms with van der Waals surface area (Å²) in [7, 11) is 0. The topological polar surface area (TPSA) is 77.0 Å². The number of amides is 1. The Morgan fingerprint density at radius 3 is 2.67 bits per heavy atom. The highest BCUT2D eigenvalue weighted by Gasteiger charge is 2.31. The average molecular weight is 340 g/mol. The second kappa shape index (κ2) is 7.85. The van der Waals surface area contributed by atoms with Gasteiger partial charge in [-0.2, -0.15) is 0 Å². The van der Waals surface area contributed by atoms with Crippen molar-refractivity contribution in [3.63, 3.8) is 0 Å². The minimum absolute atomic E-state index is 0.128. The van der Waals surface area contributed by atoms with Crippen molar-refractivity contribution in [1.82, 2.24) is 5.32 Å². The fraction of sp³-hybridized carbons (Fsp3) is 0.438. The van der Waals surface area contributed by atoms with Crippen LogP contribution >= 0.6 is 0 Å². The lowest BCUT2D eigenvalue weighted by atomic mass is 10.1. The molecular formula is C16H18F2N2O4. The van der Waals surface area contributed by atoms with Crippen molar-refractivity contribution in [2.24, 2.45) is 4.99 Å². The zero-order valence-corrected chi connectivity index (χ0v) is 13.3. The van der Waals surface area contributed by atoms with Gasteiger partial charge >= 0.3 is 5.97 Å². The van der Waals surface area contributed by atoms with Crippen molar-refractivity contribution >= 4 is 17.8 Å². The van der Waals surface area contributed by atoms with Gasteiger partial charge in [0.15, 0.2) is 0 Å². The highest BCUT2D eigenvalue weighted by molar-refractivity contribution is 5.91. The molecule has 0 saturated heterocycles. The van der Waals surface area contributed by atoms with Gasteiger partial charge in [-0.3, -0.25) is 4.79 Å². The molecule has 0 aliphatic carbocycles. The van der Waals surface area contributed by atoms with Gasteiger partial charge in [0.25, 0.3) is 0 Å².